The maximum atomic E-state index is 11.2. The van der Waals surface area contributed by atoms with Gasteiger partial charge in [-0.3, -0.25) is 0 Å². The molecule has 0 amide bonds. The number of ether oxygens (including phenoxy) is 1. The zero-order valence-electron chi connectivity index (χ0n) is 11.3. The number of hydrogen-bond donors (Lipinski definition) is 2. The first kappa shape index (κ1) is 14.2. The van der Waals surface area contributed by atoms with Crippen molar-refractivity contribution in [3.63, 3.8) is 0 Å². The number of aromatic nitrogens is 2. The Morgan fingerprint density at radius 1 is 1.30 bits per heavy atom. The standard InChI is InChI=1S/C14H17N3O3/c1-20-9-5-4-8-15-12-10-6-2-3-7-11(10)16-17-13(12)14(18)19/h2-3,6-7H,4-5,8-9H2,1H3,(H,15,16)(H,18,19). The van der Waals surface area contributed by atoms with E-state index in [0.29, 0.717) is 24.4 Å². The quantitative estimate of drug-likeness (QED) is 0.753. The summed E-state index contributed by atoms with van der Waals surface area (Å²) in [5.74, 6) is -1.08. The molecule has 6 heteroatoms. The van der Waals surface area contributed by atoms with Gasteiger partial charge < -0.3 is 15.2 Å². The Balaban J connectivity index is 2.23. The van der Waals surface area contributed by atoms with Gasteiger partial charge in [-0.1, -0.05) is 18.2 Å². The van der Waals surface area contributed by atoms with E-state index in [1.807, 2.05) is 24.3 Å². The third-order valence-electron chi connectivity index (χ3n) is 2.95. The van der Waals surface area contributed by atoms with Crippen molar-refractivity contribution < 1.29 is 14.6 Å². The fourth-order valence-corrected chi connectivity index (χ4v) is 1.97. The van der Waals surface area contributed by atoms with Crippen molar-refractivity contribution in [1.29, 1.82) is 0 Å². The van der Waals surface area contributed by atoms with E-state index >= 15 is 0 Å². The fraction of sp³-hybridized carbons (Fsp3) is 0.357. The van der Waals surface area contributed by atoms with Gasteiger partial charge in [0.1, 0.15) is 0 Å². The maximum Gasteiger partial charge on any atom is 0.358 e. The lowest BCUT2D eigenvalue weighted by molar-refractivity contribution is 0.0690. The molecule has 0 spiro atoms. The molecule has 1 heterocycles. The topological polar surface area (TPSA) is 84.3 Å². The third kappa shape index (κ3) is 3.21. The number of nitrogens with one attached hydrogen (secondary N) is 1. The van der Waals surface area contributed by atoms with E-state index in [0.717, 1.165) is 18.2 Å². The van der Waals surface area contributed by atoms with Crippen molar-refractivity contribution in [3.05, 3.63) is 30.0 Å². The van der Waals surface area contributed by atoms with Gasteiger partial charge in [0.05, 0.1) is 11.2 Å². The number of carbonyl (C=O) groups is 1. The van der Waals surface area contributed by atoms with Gasteiger partial charge in [-0.05, 0) is 18.9 Å². The molecule has 0 unspecified atom stereocenters. The summed E-state index contributed by atoms with van der Waals surface area (Å²) in [6, 6.07) is 7.35. The van der Waals surface area contributed by atoms with Gasteiger partial charge in [-0.15, -0.1) is 10.2 Å². The molecule has 106 valence electrons. The van der Waals surface area contributed by atoms with E-state index in [4.69, 9.17) is 4.74 Å². The molecule has 0 saturated carbocycles. The van der Waals surface area contributed by atoms with Crippen molar-refractivity contribution in [3.8, 4) is 0 Å². The second-order valence-electron chi connectivity index (χ2n) is 4.37. The zero-order valence-corrected chi connectivity index (χ0v) is 11.3. The van der Waals surface area contributed by atoms with E-state index < -0.39 is 5.97 Å². The van der Waals surface area contributed by atoms with Crippen molar-refractivity contribution >= 4 is 22.6 Å². The van der Waals surface area contributed by atoms with Crippen LogP contribution >= 0.6 is 0 Å². The number of hydrogen-bond acceptors (Lipinski definition) is 5. The average molecular weight is 275 g/mol. The summed E-state index contributed by atoms with van der Waals surface area (Å²) in [4.78, 5) is 11.2. The molecule has 0 fully saturated rings. The molecule has 0 aliphatic heterocycles. The highest BCUT2D eigenvalue weighted by molar-refractivity contribution is 6.02. The van der Waals surface area contributed by atoms with Crippen LogP contribution in [-0.2, 0) is 4.74 Å². The monoisotopic (exact) mass is 275 g/mol. The zero-order chi connectivity index (χ0) is 14.4. The molecule has 1 aromatic heterocycles. The molecule has 0 radical (unpaired) electrons. The first-order chi connectivity index (χ1) is 9.74. The van der Waals surface area contributed by atoms with Gasteiger partial charge >= 0.3 is 5.97 Å². The van der Waals surface area contributed by atoms with Crippen LogP contribution in [0, 0.1) is 0 Å². The predicted octanol–water partition coefficient (Wildman–Crippen LogP) is 2.17. The summed E-state index contributed by atoms with van der Waals surface area (Å²) in [6.07, 6.45) is 1.81. The number of rotatable bonds is 7. The van der Waals surface area contributed by atoms with Crippen molar-refractivity contribution in [2.75, 3.05) is 25.6 Å². The number of fused-ring (bicyclic) bond motifs is 1. The van der Waals surface area contributed by atoms with E-state index in [2.05, 4.69) is 15.5 Å². The smallest absolute Gasteiger partial charge is 0.358 e. The Morgan fingerprint density at radius 2 is 2.10 bits per heavy atom. The lowest BCUT2D eigenvalue weighted by atomic mass is 10.1. The first-order valence-electron chi connectivity index (χ1n) is 6.45. The largest absolute Gasteiger partial charge is 0.476 e. The van der Waals surface area contributed by atoms with Crippen molar-refractivity contribution in [2.45, 2.75) is 12.8 Å². The van der Waals surface area contributed by atoms with Crippen LogP contribution in [-0.4, -0.2) is 41.5 Å². The minimum Gasteiger partial charge on any atom is -0.476 e. The van der Waals surface area contributed by atoms with Crippen molar-refractivity contribution in [1.82, 2.24) is 10.2 Å². The van der Waals surface area contributed by atoms with Crippen LogP contribution in [0.15, 0.2) is 24.3 Å². The average Bonchev–Trinajstić information content (AvgIpc) is 2.46. The van der Waals surface area contributed by atoms with Crippen LogP contribution in [0.2, 0.25) is 0 Å². The van der Waals surface area contributed by atoms with Crippen LogP contribution in [0.1, 0.15) is 23.3 Å². The Labute approximate surface area is 116 Å². The number of anilines is 1. The molecular weight excluding hydrogens is 258 g/mol. The molecular formula is C14H17N3O3. The Morgan fingerprint density at radius 3 is 2.85 bits per heavy atom. The molecule has 2 N–H and O–H groups in total. The summed E-state index contributed by atoms with van der Waals surface area (Å²) >= 11 is 0. The molecule has 0 aliphatic rings. The van der Waals surface area contributed by atoms with Crippen LogP contribution in [0.3, 0.4) is 0 Å². The van der Waals surface area contributed by atoms with E-state index in [1.165, 1.54) is 0 Å². The molecule has 1 aromatic carbocycles. The SMILES string of the molecule is COCCCCNc1c(C(=O)O)nnc2ccccc12. The van der Waals surface area contributed by atoms with Gasteiger partial charge in [-0.2, -0.15) is 0 Å². The van der Waals surface area contributed by atoms with E-state index in [9.17, 15) is 9.90 Å². The summed E-state index contributed by atoms with van der Waals surface area (Å²) < 4.78 is 4.98. The van der Waals surface area contributed by atoms with Gasteiger partial charge in [0.2, 0.25) is 0 Å². The summed E-state index contributed by atoms with van der Waals surface area (Å²) in [5, 5.41) is 20.8. The maximum absolute atomic E-state index is 11.2. The second kappa shape index (κ2) is 6.81. The lowest BCUT2D eigenvalue weighted by Gasteiger charge is -2.11. The van der Waals surface area contributed by atoms with Crippen LogP contribution in [0.5, 0.6) is 0 Å². The van der Waals surface area contributed by atoms with E-state index in [1.54, 1.807) is 7.11 Å². The molecule has 0 bridgehead atoms. The Bertz CT molecular complexity index is 601. The number of carboxylic acids is 1. The number of unbranched alkanes of at least 4 members (excludes halogenated alkanes) is 1. The minimum atomic E-state index is -1.08. The fourth-order valence-electron chi connectivity index (χ4n) is 1.97. The van der Waals surface area contributed by atoms with Gasteiger partial charge in [0.25, 0.3) is 0 Å². The minimum absolute atomic E-state index is 0.0459. The summed E-state index contributed by atoms with van der Waals surface area (Å²) in [6.45, 7) is 1.36. The molecule has 6 nitrogen and oxygen atoms in total. The molecule has 2 rings (SSSR count). The van der Waals surface area contributed by atoms with Crippen molar-refractivity contribution in [2.24, 2.45) is 0 Å². The molecule has 0 aliphatic carbocycles. The van der Waals surface area contributed by atoms with Crippen LogP contribution in [0.25, 0.3) is 10.9 Å². The summed E-state index contributed by atoms with van der Waals surface area (Å²) in [7, 11) is 1.66. The van der Waals surface area contributed by atoms with Gasteiger partial charge in [0, 0.05) is 25.6 Å². The first-order valence-corrected chi connectivity index (χ1v) is 6.45. The number of benzene rings is 1. The van der Waals surface area contributed by atoms with Gasteiger partial charge in [0.15, 0.2) is 5.69 Å². The highest BCUT2D eigenvalue weighted by Gasteiger charge is 2.15. The summed E-state index contributed by atoms with van der Waals surface area (Å²) in [5.41, 5.74) is 1.16. The lowest BCUT2D eigenvalue weighted by Crippen LogP contribution is -2.11. The van der Waals surface area contributed by atoms with Crippen LogP contribution in [0.4, 0.5) is 5.69 Å². The molecule has 2 aromatic rings. The number of carboxylic acid groups (broad SMARTS) is 1. The highest BCUT2D eigenvalue weighted by atomic mass is 16.5. The second-order valence-corrected chi connectivity index (χ2v) is 4.37. The number of aromatic carboxylic acids is 1. The molecule has 0 saturated heterocycles. The molecule has 20 heavy (non-hydrogen) atoms. The number of nitrogens with zero attached hydrogens (tertiary/aromatic N) is 2. The van der Waals surface area contributed by atoms with Gasteiger partial charge in [-0.25, -0.2) is 4.79 Å². The normalized spacial score (nSPS) is 10.7. The Hall–Kier alpha value is -2.21. The Kier molecular flexibility index (Phi) is 4.84. The third-order valence-corrected chi connectivity index (χ3v) is 2.95. The molecule has 0 atom stereocenters. The predicted molar refractivity (Wildman–Crippen MR) is 76.1 cm³/mol. The number of methoxy groups -OCH3 is 1. The van der Waals surface area contributed by atoms with E-state index in [-0.39, 0.29) is 5.69 Å². The highest BCUT2D eigenvalue weighted by Crippen LogP contribution is 2.24. The van der Waals surface area contributed by atoms with Crippen LogP contribution < -0.4 is 5.32 Å².